The lowest BCUT2D eigenvalue weighted by molar-refractivity contribution is -0.133. The lowest BCUT2D eigenvalue weighted by atomic mass is 10.2. The Balaban J connectivity index is 1.14. The number of hydrogen-bond donors (Lipinski definition) is 0. The summed E-state index contributed by atoms with van der Waals surface area (Å²) in [6, 6.07) is 16.1. The first kappa shape index (κ1) is 24.2. The van der Waals surface area contributed by atoms with Crippen LogP contribution in [0.3, 0.4) is 0 Å². The van der Waals surface area contributed by atoms with Crippen LogP contribution in [0, 0.1) is 6.92 Å². The molecule has 2 heterocycles. The van der Waals surface area contributed by atoms with Crippen LogP contribution in [0.5, 0.6) is 11.5 Å². The second-order valence-electron chi connectivity index (χ2n) is 8.65. The Labute approximate surface area is 206 Å². The first-order valence-electron chi connectivity index (χ1n) is 11.9. The van der Waals surface area contributed by atoms with Crippen LogP contribution in [0.1, 0.15) is 30.5 Å². The van der Waals surface area contributed by atoms with Gasteiger partial charge >= 0.3 is 0 Å². The number of unbranched alkanes of at least 4 members (excludes halogenated alkanes) is 1. The third-order valence-electron chi connectivity index (χ3n) is 6.04. The Morgan fingerprint density at radius 1 is 1.03 bits per heavy atom. The number of aromatic nitrogens is 1. The fourth-order valence-corrected chi connectivity index (χ4v) is 4.88. The van der Waals surface area contributed by atoms with Gasteiger partial charge in [0.1, 0.15) is 16.5 Å². The second kappa shape index (κ2) is 12.0. The number of amides is 1. The van der Waals surface area contributed by atoms with Crippen molar-refractivity contribution < 1.29 is 14.3 Å². The molecule has 3 aromatic rings. The van der Waals surface area contributed by atoms with Crippen molar-refractivity contribution in [1.82, 2.24) is 14.8 Å². The van der Waals surface area contributed by atoms with E-state index in [1.807, 2.05) is 47.4 Å². The van der Waals surface area contributed by atoms with Crippen molar-refractivity contribution in [1.29, 1.82) is 0 Å². The minimum Gasteiger partial charge on any atom is -0.497 e. The third kappa shape index (κ3) is 6.81. The fourth-order valence-electron chi connectivity index (χ4n) is 4.06. The SMILES string of the molecule is COc1ccc(-c2nc(CN3CCN(C(=O)CCCCOc4cccc(C)c4)CC3)cs2)cc1. The van der Waals surface area contributed by atoms with Crippen molar-refractivity contribution >= 4 is 17.2 Å². The number of thiazole rings is 1. The Hall–Kier alpha value is -2.90. The van der Waals surface area contributed by atoms with Gasteiger partial charge in [-0.3, -0.25) is 9.69 Å². The zero-order chi connectivity index (χ0) is 23.8. The Morgan fingerprint density at radius 3 is 2.56 bits per heavy atom. The van der Waals surface area contributed by atoms with E-state index in [0.717, 1.165) is 73.3 Å². The van der Waals surface area contributed by atoms with Gasteiger partial charge in [0.05, 0.1) is 19.4 Å². The summed E-state index contributed by atoms with van der Waals surface area (Å²) >= 11 is 1.67. The predicted molar refractivity (Wildman–Crippen MR) is 136 cm³/mol. The van der Waals surface area contributed by atoms with Gasteiger partial charge in [-0.1, -0.05) is 12.1 Å². The molecule has 1 fully saturated rings. The molecule has 0 unspecified atom stereocenters. The molecular formula is C27H33N3O3S. The molecule has 1 aliphatic heterocycles. The average Bonchev–Trinajstić information content (AvgIpc) is 3.33. The predicted octanol–water partition coefficient (Wildman–Crippen LogP) is 5.02. The largest absolute Gasteiger partial charge is 0.497 e. The number of aryl methyl sites for hydroxylation is 1. The minimum absolute atomic E-state index is 0.255. The van der Waals surface area contributed by atoms with Crippen molar-refractivity contribution in [3.05, 3.63) is 65.2 Å². The highest BCUT2D eigenvalue weighted by Crippen LogP contribution is 2.26. The first-order valence-corrected chi connectivity index (χ1v) is 12.8. The molecule has 34 heavy (non-hydrogen) atoms. The van der Waals surface area contributed by atoms with E-state index in [9.17, 15) is 4.79 Å². The zero-order valence-electron chi connectivity index (χ0n) is 20.0. The standard InChI is InChI=1S/C27H33N3O3S/c1-21-6-5-7-25(18-21)33-17-4-3-8-26(31)30-15-13-29(14-16-30)19-23-20-34-27(28-23)22-9-11-24(32-2)12-10-22/h5-7,9-12,18,20H,3-4,8,13-17,19H2,1-2H3. The second-order valence-corrected chi connectivity index (χ2v) is 9.51. The molecule has 4 rings (SSSR count). The summed E-state index contributed by atoms with van der Waals surface area (Å²) in [6.45, 7) is 6.88. The molecule has 0 aliphatic carbocycles. The van der Waals surface area contributed by atoms with Gasteiger partial charge in [-0.2, -0.15) is 0 Å². The topological polar surface area (TPSA) is 54.9 Å². The number of carbonyl (C=O) groups is 1. The highest BCUT2D eigenvalue weighted by atomic mass is 32.1. The quantitative estimate of drug-likeness (QED) is 0.382. The molecule has 0 radical (unpaired) electrons. The fraction of sp³-hybridized carbons (Fsp3) is 0.407. The maximum absolute atomic E-state index is 12.6. The number of carbonyl (C=O) groups excluding carboxylic acids is 1. The van der Waals surface area contributed by atoms with Gasteiger partial charge in [-0.15, -0.1) is 11.3 Å². The molecule has 1 saturated heterocycles. The van der Waals surface area contributed by atoms with Crippen molar-refractivity contribution in [2.45, 2.75) is 32.7 Å². The van der Waals surface area contributed by atoms with Crippen LogP contribution in [0.25, 0.3) is 10.6 Å². The van der Waals surface area contributed by atoms with E-state index in [0.29, 0.717) is 13.0 Å². The van der Waals surface area contributed by atoms with Crippen molar-refractivity contribution in [2.75, 3.05) is 39.9 Å². The van der Waals surface area contributed by atoms with Gasteiger partial charge < -0.3 is 14.4 Å². The maximum atomic E-state index is 12.6. The van der Waals surface area contributed by atoms with Crippen LogP contribution in [0.4, 0.5) is 0 Å². The number of rotatable bonds is 10. The van der Waals surface area contributed by atoms with Crippen molar-refractivity contribution in [2.24, 2.45) is 0 Å². The maximum Gasteiger partial charge on any atom is 0.222 e. The highest BCUT2D eigenvalue weighted by Gasteiger charge is 2.21. The van der Waals surface area contributed by atoms with E-state index in [1.54, 1.807) is 18.4 Å². The molecule has 6 nitrogen and oxygen atoms in total. The molecule has 0 N–H and O–H groups in total. The summed E-state index contributed by atoms with van der Waals surface area (Å²) in [5, 5.41) is 3.16. The lowest BCUT2D eigenvalue weighted by Gasteiger charge is -2.34. The summed E-state index contributed by atoms with van der Waals surface area (Å²) < 4.78 is 11.0. The number of hydrogen-bond acceptors (Lipinski definition) is 6. The van der Waals surface area contributed by atoms with Crippen LogP contribution < -0.4 is 9.47 Å². The molecule has 1 amide bonds. The van der Waals surface area contributed by atoms with E-state index in [-0.39, 0.29) is 5.91 Å². The van der Waals surface area contributed by atoms with Crippen LogP contribution in [0.15, 0.2) is 53.9 Å². The van der Waals surface area contributed by atoms with E-state index in [4.69, 9.17) is 14.5 Å². The Bertz CT molecular complexity index is 1060. The molecule has 1 aromatic heterocycles. The molecule has 0 spiro atoms. The summed E-state index contributed by atoms with van der Waals surface area (Å²) in [7, 11) is 1.67. The van der Waals surface area contributed by atoms with E-state index < -0.39 is 0 Å². The van der Waals surface area contributed by atoms with Crippen molar-refractivity contribution in [3.63, 3.8) is 0 Å². The van der Waals surface area contributed by atoms with Crippen molar-refractivity contribution in [3.8, 4) is 22.1 Å². The molecule has 0 atom stereocenters. The number of benzene rings is 2. The zero-order valence-corrected chi connectivity index (χ0v) is 20.9. The molecule has 7 heteroatoms. The van der Waals surface area contributed by atoms with Crippen LogP contribution in [-0.4, -0.2) is 60.6 Å². The van der Waals surface area contributed by atoms with Gasteiger partial charge in [0.15, 0.2) is 0 Å². The third-order valence-corrected chi connectivity index (χ3v) is 6.98. The first-order chi connectivity index (χ1) is 16.6. The minimum atomic E-state index is 0.255. The molecule has 0 saturated carbocycles. The number of nitrogens with zero attached hydrogens (tertiary/aromatic N) is 3. The van der Waals surface area contributed by atoms with Crippen LogP contribution in [0.2, 0.25) is 0 Å². The number of piperazine rings is 1. The van der Waals surface area contributed by atoms with E-state index >= 15 is 0 Å². The van der Waals surface area contributed by atoms with Gasteiger partial charge in [0, 0.05) is 50.1 Å². The Kier molecular flexibility index (Phi) is 8.55. The number of methoxy groups -OCH3 is 1. The summed E-state index contributed by atoms with van der Waals surface area (Å²) in [5.74, 6) is 2.01. The Morgan fingerprint density at radius 2 is 1.82 bits per heavy atom. The van der Waals surface area contributed by atoms with Gasteiger partial charge in [0.2, 0.25) is 5.91 Å². The van der Waals surface area contributed by atoms with Gasteiger partial charge in [0.25, 0.3) is 0 Å². The molecule has 1 aliphatic rings. The smallest absolute Gasteiger partial charge is 0.222 e. The average molecular weight is 480 g/mol. The molecule has 0 bridgehead atoms. The van der Waals surface area contributed by atoms with E-state index in [1.165, 1.54) is 5.56 Å². The highest BCUT2D eigenvalue weighted by molar-refractivity contribution is 7.13. The normalized spacial score (nSPS) is 14.2. The molecule has 2 aromatic carbocycles. The lowest BCUT2D eigenvalue weighted by Crippen LogP contribution is -2.48. The van der Waals surface area contributed by atoms with Crippen LogP contribution in [-0.2, 0) is 11.3 Å². The molecular weight excluding hydrogens is 446 g/mol. The number of ether oxygens (including phenoxy) is 2. The van der Waals surface area contributed by atoms with Gasteiger partial charge in [-0.25, -0.2) is 4.98 Å². The molecule has 180 valence electrons. The summed E-state index contributed by atoms with van der Waals surface area (Å²) in [4.78, 5) is 21.8. The van der Waals surface area contributed by atoms with Gasteiger partial charge in [-0.05, 0) is 61.7 Å². The van der Waals surface area contributed by atoms with Crippen LogP contribution >= 0.6 is 11.3 Å². The van der Waals surface area contributed by atoms with E-state index in [2.05, 4.69) is 23.3 Å². The summed E-state index contributed by atoms with van der Waals surface area (Å²) in [5.41, 5.74) is 3.39. The monoisotopic (exact) mass is 479 g/mol. The summed E-state index contributed by atoms with van der Waals surface area (Å²) in [6.07, 6.45) is 2.34.